The van der Waals surface area contributed by atoms with Gasteiger partial charge in [0, 0.05) is 30.5 Å². The van der Waals surface area contributed by atoms with Gasteiger partial charge in [0.2, 0.25) is 5.91 Å². The molecule has 7 heteroatoms. The number of anilines is 2. The number of nitrogens with one attached hydrogen (secondary N) is 1. The van der Waals surface area contributed by atoms with E-state index in [1.165, 1.54) is 4.90 Å². The van der Waals surface area contributed by atoms with Crippen LogP contribution in [0.4, 0.5) is 16.2 Å². The van der Waals surface area contributed by atoms with E-state index < -0.39 is 0 Å². The quantitative estimate of drug-likeness (QED) is 0.698. The van der Waals surface area contributed by atoms with Crippen LogP contribution in [-0.2, 0) is 11.3 Å². The average Bonchev–Trinajstić information content (AvgIpc) is 3.05. The van der Waals surface area contributed by atoms with Crippen molar-refractivity contribution < 1.29 is 14.4 Å². The Kier molecular flexibility index (Phi) is 6.93. The van der Waals surface area contributed by atoms with Gasteiger partial charge in [0.05, 0.1) is 12.3 Å². The van der Waals surface area contributed by atoms with Gasteiger partial charge in [0.25, 0.3) is 11.1 Å². The summed E-state index contributed by atoms with van der Waals surface area (Å²) in [5, 5.41) is 2.66. The molecule has 1 heterocycles. The summed E-state index contributed by atoms with van der Waals surface area (Å²) in [6, 6.07) is 14.7. The van der Waals surface area contributed by atoms with Crippen LogP contribution in [-0.4, -0.2) is 41.3 Å². The summed E-state index contributed by atoms with van der Waals surface area (Å²) in [4.78, 5) is 39.3. The van der Waals surface area contributed by atoms with Crippen molar-refractivity contribution in [3.8, 4) is 0 Å². The Morgan fingerprint density at radius 3 is 2.38 bits per heavy atom. The molecule has 6 nitrogen and oxygen atoms in total. The van der Waals surface area contributed by atoms with Crippen LogP contribution in [0.2, 0.25) is 0 Å². The van der Waals surface area contributed by atoms with Crippen LogP contribution < -0.4 is 10.2 Å². The van der Waals surface area contributed by atoms with Gasteiger partial charge < -0.3 is 10.2 Å². The summed E-state index contributed by atoms with van der Waals surface area (Å²) < 4.78 is 0. The molecular weight excluding hydrogens is 386 g/mol. The fourth-order valence-corrected chi connectivity index (χ4v) is 3.73. The lowest BCUT2D eigenvalue weighted by Crippen LogP contribution is -2.27. The van der Waals surface area contributed by atoms with Crippen LogP contribution in [0.15, 0.2) is 48.5 Å². The van der Waals surface area contributed by atoms with E-state index in [-0.39, 0.29) is 29.4 Å². The highest BCUT2D eigenvalue weighted by Gasteiger charge is 2.29. The van der Waals surface area contributed by atoms with Gasteiger partial charge in [-0.1, -0.05) is 37.2 Å². The highest BCUT2D eigenvalue weighted by atomic mass is 32.2. The van der Waals surface area contributed by atoms with Crippen molar-refractivity contribution in [2.45, 2.75) is 26.3 Å². The van der Waals surface area contributed by atoms with Gasteiger partial charge in [0.15, 0.2) is 0 Å². The first-order valence-electron chi connectivity index (χ1n) is 9.66. The zero-order chi connectivity index (χ0) is 20.8. The number of amides is 3. The number of hydrogen-bond acceptors (Lipinski definition) is 5. The first-order chi connectivity index (χ1) is 14.0. The van der Waals surface area contributed by atoms with E-state index in [2.05, 4.69) is 17.1 Å². The van der Waals surface area contributed by atoms with Crippen LogP contribution in [0.1, 0.15) is 35.7 Å². The number of rotatable bonds is 8. The number of carbonyl (C=O) groups excluding carboxylic acids is 3. The molecule has 0 unspecified atom stereocenters. The highest BCUT2D eigenvalue weighted by molar-refractivity contribution is 8.14. The zero-order valence-electron chi connectivity index (χ0n) is 16.7. The summed E-state index contributed by atoms with van der Waals surface area (Å²) in [6.07, 6.45) is 2.28. The molecule has 0 bridgehead atoms. The second-order valence-electron chi connectivity index (χ2n) is 7.01. The van der Waals surface area contributed by atoms with Crippen molar-refractivity contribution in [1.82, 2.24) is 4.90 Å². The molecule has 2 aromatic carbocycles. The fourth-order valence-electron chi connectivity index (χ4n) is 3.00. The molecule has 3 rings (SSSR count). The van der Waals surface area contributed by atoms with Gasteiger partial charge in [0.1, 0.15) is 0 Å². The Morgan fingerprint density at radius 1 is 1.10 bits per heavy atom. The molecular formula is C22H25N3O3S. The standard InChI is InChI=1S/C22H25N3O3S/c1-3-4-13-24(2)19-11-7-17(8-12-19)21(27)23-18-9-5-16(6-10-18)14-25-20(26)15-29-22(25)28/h5-12H,3-4,13-15H2,1-2H3,(H,23,27). The molecule has 2 aromatic rings. The molecule has 0 spiro atoms. The van der Waals surface area contributed by atoms with Crippen molar-refractivity contribution >= 4 is 40.2 Å². The Bertz CT molecular complexity index is 865. The van der Waals surface area contributed by atoms with E-state index >= 15 is 0 Å². The third-order valence-electron chi connectivity index (χ3n) is 4.81. The molecule has 1 fully saturated rings. The number of benzene rings is 2. The molecule has 0 radical (unpaired) electrons. The number of imide groups is 1. The molecule has 3 amide bonds. The van der Waals surface area contributed by atoms with Crippen molar-refractivity contribution in [2.75, 3.05) is 29.6 Å². The molecule has 1 N–H and O–H groups in total. The molecule has 0 saturated carbocycles. The van der Waals surface area contributed by atoms with E-state index in [1.807, 2.05) is 43.4 Å². The summed E-state index contributed by atoms with van der Waals surface area (Å²) in [5.74, 6) is -0.136. The number of hydrogen-bond donors (Lipinski definition) is 1. The Balaban J connectivity index is 1.57. The fraction of sp³-hybridized carbons (Fsp3) is 0.318. The molecule has 152 valence electrons. The second-order valence-corrected chi connectivity index (χ2v) is 7.93. The maximum Gasteiger partial charge on any atom is 0.289 e. The van der Waals surface area contributed by atoms with Crippen LogP contribution in [0.25, 0.3) is 0 Å². The van der Waals surface area contributed by atoms with E-state index in [9.17, 15) is 14.4 Å². The molecule has 0 aromatic heterocycles. The lowest BCUT2D eigenvalue weighted by atomic mass is 10.1. The molecule has 29 heavy (non-hydrogen) atoms. The first kappa shape index (κ1) is 20.9. The number of unbranched alkanes of at least 4 members (excludes halogenated alkanes) is 1. The number of thioether (sulfide) groups is 1. The van der Waals surface area contributed by atoms with Crippen molar-refractivity contribution in [3.63, 3.8) is 0 Å². The molecule has 0 atom stereocenters. The third kappa shape index (κ3) is 5.38. The van der Waals surface area contributed by atoms with E-state index in [4.69, 9.17) is 0 Å². The smallest absolute Gasteiger partial charge is 0.289 e. The number of nitrogens with zero attached hydrogens (tertiary/aromatic N) is 2. The predicted octanol–water partition coefficient (Wildman–Crippen LogP) is 4.37. The molecule has 1 aliphatic heterocycles. The summed E-state index contributed by atoms with van der Waals surface area (Å²) in [5.41, 5.74) is 3.18. The van der Waals surface area contributed by atoms with E-state index in [1.54, 1.807) is 12.1 Å². The lowest BCUT2D eigenvalue weighted by molar-refractivity contribution is -0.125. The third-order valence-corrected chi connectivity index (χ3v) is 5.67. The minimum absolute atomic E-state index is 0.166. The Labute approximate surface area is 175 Å². The van der Waals surface area contributed by atoms with Gasteiger partial charge in [-0.15, -0.1) is 0 Å². The summed E-state index contributed by atoms with van der Waals surface area (Å²) >= 11 is 1.03. The predicted molar refractivity (Wildman–Crippen MR) is 117 cm³/mol. The first-order valence-corrected chi connectivity index (χ1v) is 10.6. The zero-order valence-corrected chi connectivity index (χ0v) is 17.5. The lowest BCUT2D eigenvalue weighted by Gasteiger charge is -2.19. The maximum atomic E-state index is 12.5. The molecule has 0 aliphatic carbocycles. The normalized spacial score (nSPS) is 13.7. The SMILES string of the molecule is CCCCN(C)c1ccc(C(=O)Nc2ccc(CN3C(=O)CSC3=O)cc2)cc1. The Morgan fingerprint density at radius 2 is 1.79 bits per heavy atom. The van der Waals surface area contributed by atoms with Crippen LogP contribution in [0, 0.1) is 0 Å². The van der Waals surface area contributed by atoms with Crippen LogP contribution in [0.3, 0.4) is 0 Å². The van der Waals surface area contributed by atoms with Crippen molar-refractivity contribution in [3.05, 3.63) is 59.7 Å². The molecule has 1 saturated heterocycles. The monoisotopic (exact) mass is 411 g/mol. The summed E-state index contributed by atoms with van der Waals surface area (Å²) in [7, 11) is 2.05. The van der Waals surface area contributed by atoms with Crippen LogP contribution >= 0.6 is 11.8 Å². The van der Waals surface area contributed by atoms with Gasteiger partial charge in [-0.2, -0.15) is 0 Å². The largest absolute Gasteiger partial charge is 0.375 e. The van der Waals surface area contributed by atoms with Crippen molar-refractivity contribution in [2.24, 2.45) is 0 Å². The highest BCUT2D eigenvalue weighted by Crippen LogP contribution is 2.22. The number of carbonyl (C=O) groups is 3. The minimum atomic E-state index is -0.212. The van der Waals surface area contributed by atoms with E-state index in [0.717, 1.165) is 42.4 Å². The van der Waals surface area contributed by atoms with Crippen LogP contribution in [0.5, 0.6) is 0 Å². The summed E-state index contributed by atoms with van der Waals surface area (Å²) in [6.45, 7) is 3.41. The topological polar surface area (TPSA) is 69.7 Å². The average molecular weight is 412 g/mol. The van der Waals surface area contributed by atoms with Gasteiger partial charge in [-0.3, -0.25) is 19.3 Å². The van der Waals surface area contributed by atoms with Gasteiger partial charge in [-0.25, -0.2) is 0 Å². The van der Waals surface area contributed by atoms with E-state index in [0.29, 0.717) is 11.3 Å². The Hall–Kier alpha value is -2.80. The second kappa shape index (κ2) is 9.60. The maximum absolute atomic E-state index is 12.5. The minimum Gasteiger partial charge on any atom is -0.375 e. The molecule has 1 aliphatic rings. The van der Waals surface area contributed by atoms with Gasteiger partial charge in [-0.05, 0) is 48.4 Å². The van der Waals surface area contributed by atoms with Crippen molar-refractivity contribution in [1.29, 1.82) is 0 Å². The van der Waals surface area contributed by atoms with Gasteiger partial charge >= 0.3 is 0 Å².